The van der Waals surface area contributed by atoms with Gasteiger partial charge in [-0.1, -0.05) is 60.2 Å². The van der Waals surface area contributed by atoms with Crippen LogP contribution < -0.4 is 0 Å². The summed E-state index contributed by atoms with van der Waals surface area (Å²) in [5.74, 6) is 1.80. The SMILES string of the molecule is Cc1ccc2[nH]nc(-c3nc(C4CC4c4ccccc4)nc4ccccc34)c2c1. The monoisotopic (exact) mass is 376 g/mol. The Morgan fingerprint density at radius 3 is 2.52 bits per heavy atom. The number of H-pyrrole nitrogens is 1. The minimum Gasteiger partial charge on any atom is -0.277 e. The molecule has 0 saturated heterocycles. The van der Waals surface area contributed by atoms with Gasteiger partial charge in [0.05, 0.1) is 11.0 Å². The van der Waals surface area contributed by atoms with E-state index in [2.05, 4.69) is 77.8 Å². The van der Waals surface area contributed by atoms with Crippen LogP contribution in [0.1, 0.15) is 35.2 Å². The lowest BCUT2D eigenvalue weighted by Gasteiger charge is -2.08. The number of benzene rings is 3. The number of fused-ring (bicyclic) bond motifs is 2. The Morgan fingerprint density at radius 2 is 1.62 bits per heavy atom. The van der Waals surface area contributed by atoms with Crippen LogP contribution in [-0.4, -0.2) is 20.2 Å². The highest BCUT2D eigenvalue weighted by molar-refractivity contribution is 6.00. The van der Waals surface area contributed by atoms with E-state index in [-0.39, 0.29) is 0 Å². The van der Waals surface area contributed by atoms with E-state index in [0.717, 1.165) is 45.4 Å². The predicted molar refractivity (Wildman–Crippen MR) is 116 cm³/mol. The molecular weight excluding hydrogens is 356 g/mol. The van der Waals surface area contributed by atoms with E-state index in [1.54, 1.807) is 0 Å². The molecule has 2 atom stereocenters. The van der Waals surface area contributed by atoms with Gasteiger partial charge < -0.3 is 0 Å². The summed E-state index contributed by atoms with van der Waals surface area (Å²) in [4.78, 5) is 10.00. The number of hydrogen-bond donors (Lipinski definition) is 1. The first kappa shape index (κ1) is 16.4. The molecule has 0 bridgehead atoms. The molecule has 5 aromatic rings. The van der Waals surface area contributed by atoms with Gasteiger partial charge in [-0.25, -0.2) is 9.97 Å². The van der Waals surface area contributed by atoms with E-state index in [1.807, 2.05) is 12.1 Å². The number of nitrogens with zero attached hydrogens (tertiary/aromatic N) is 3. The number of hydrogen-bond acceptors (Lipinski definition) is 3. The molecule has 0 radical (unpaired) electrons. The van der Waals surface area contributed by atoms with Crippen molar-refractivity contribution in [1.29, 1.82) is 0 Å². The lowest BCUT2D eigenvalue weighted by atomic mass is 10.1. The van der Waals surface area contributed by atoms with E-state index in [1.165, 1.54) is 11.1 Å². The van der Waals surface area contributed by atoms with Gasteiger partial charge in [0.25, 0.3) is 0 Å². The van der Waals surface area contributed by atoms with Crippen molar-refractivity contribution >= 4 is 21.8 Å². The van der Waals surface area contributed by atoms with Crippen LogP contribution in [-0.2, 0) is 0 Å². The quantitative estimate of drug-likeness (QED) is 0.436. The van der Waals surface area contributed by atoms with Crippen molar-refractivity contribution in [3.8, 4) is 11.4 Å². The number of aromatic nitrogens is 4. The van der Waals surface area contributed by atoms with Gasteiger partial charge >= 0.3 is 0 Å². The first-order chi connectivity index (χ1) is 14.3. The summed E-state index contributed by atoms with van der Waals surface area (Å²) in [7, 11) is 0. The van der Waals surface area contributed by atoms with Gasteiger partial charge in [0, 0.05) is 16.7 Å². The third kappa shape index (κ3) is 2.71. The normalized spacial score (nSPS) is 18.4. The number of para-hydroxylation sites is 1. The van der Waals surface area contributed by atoms with Gasteiger partial charge in [0.15, 0.2) is 0 Å². The van der Waals surface area contributed by atoms with Crippen LogP contribution in [0.3, 0.4) is 0 Å². The van der Waals surface area contributed by atoms with Gasteiger partial charge in [-0.05, 0) is 43.0 Å². The first-order valence-electron chi connectivity index (χ1n) is 10.0. The number of aryl methyl sites for hydroxylation is 1. The molecule has 0 aliphatic heterocycles. The van der Waals surface area contributed by atoms with Crippen molar-refractivity contribution < 1.29 is 0 Å². The Balaban J connectivity index is 1.52. The number of nitrogens with one attached hydrogen (secondary N) is 1. The molecule has 1 aliphatic rings. The second-order valence-electron chi connectivity index (χ2n) is 7.93. The van der Waals surface area contributed by atoms with Crippen LogP contribution in [0.5, 0.6) is 0 Å². The Bertz CT molecular complexity index is 1350. The van der Waals surface area contributed by atoms with Crippen LogP contribution >= 0.6 is 0 Å². The van der Waals surface area contributed by atoms with E-state index in [4.69, 9.17) is 9.97 Å². The molecule has 6 rings (SSSR count). The fourth-order valence-corrected chi connectivity index (χ4v) is 4.30. The van der Waals surface area contributed by atoms with Gasteiger partial charge in [-0.15, -0.1) is 0 Å². The molecule has 1 aliphatic carbocycles. The molecule has 29 heavy (non-hydrogen) atoms. The van der Waals surface area contributed by atoms with Crippen molar-refractivity contribution in [1.82, 2.24) is 20.2 Å². The zero-order valence-corrected chi connectivity index (χ0v) is 16.1. The van der Waals surface area contributed by atoms with Crippen molar-refractivity contribution in [3.63, 3.8) is 0 Å². The Kier molecular flexibility index (Phi) is 3.54. The van der Waals surface area contributed by atoms with Gasteiger partial charge in [-0.3, -0.25) is 5.10 Å². The van der Waals surface area contributed by atoms with Gasteiger partial charge in [0.2, 0.25) is 0 Å². The minimum absolute atomic E-state index is 0.368. The van der Waals surface area contributed by atoms with E-state index in [0.29, 0.717) is 11.8 Å². The van der Waals surface area contributed by atoms with Crippen LogP contribution in [0.15, 0.2) is 72.8 Å². The molecule has 1 N–H and O–H groups in total. The smallest absolute Gasteiger partial charge is 0.133 e. The van der Waals surface area contributed by atoms with E-state index in [9.17, 15) is 0 Å². The third-order valence-corrected chi connectivity index (χ3v) is 5.91. The highest BCUT2D eigenvalue weighted by atomic mass is 15.1. The average molecular weight is 376 g/mol. The highest BCUT2D eigenvalue weighted by Gasteiger charge is 2.42. The summed E-state index contributed by atoms with van der Waals surface area (Å²) in [6.07, 6.45) is 1.10. The van der Waals surface area contributed by atoms with E-state index >= 15 is 0 Å². The lowest BCUT2D eigenvalue weighted by molar-refractivity contribution is 0.910. The molecule has 4 nitrogen and oxygen atoms in total. The summed E-state index contributed by atoms with van der Waals surface area (Å²) in [5, 5.41) is 9.96. The molecule has 0 amide bonds. The van der Waals surface area contributed by atoms with Gasteiger partial charge in [0.1, 0.15) is 17.2 Å². The third-order valence-electron chi connectivity index (χ3n) is 5.91. The largest absolute Gasteiger partial charge is 0.277 e. The minimum atomic E-state index is 0.368. The van der Waals surface area contributed by atoms with Crippen LogP contribution in [0.2, 0.25) is 0 Å². The fraction of sp³-hybridized carbons (Fsp3) is 0.160. The molecule has 140 valence electrons. The zero-order valence-electron chi connectivity index (χ0n) is 16.1. The molecule has 1 fully saturated rings. The number of aromatic amines is 1. The zero-order chi connectivity index (χ0) is 19.4. The molecule has 3 aromatic carbocycles. The molecule has 2 aromatic heterocycles. The Hall–Kier alpha value is -3.53. The number of rotatable bonds is 3. The lowest BCUT2D eigenvalue weighted by Crippen LogP contribution is -1.99. The second kappa shape index (κ2) is 6.24. The van der Waals surface area contributed by atoms with Crippen LogP contribution in [0, 0.1) is 6.92 Å². The highest BCUT2D eigenvalue weighted by Crippen LogP contribution is 2.54. The topological polar surface area (TPSA) is 54.5 Å². The summed E-state index contributed by atoms with van der Waals surface area (Å²) in [6.45, 7) is 2.11. The summed E-state index contributed by atoms with van der Waals surface area (Å²) in [6, 6.07) is 25.3. The van der Waals surface area contributed by atoms with Crippen LogP contribution in [0.4, 0.5) is 0 Å². The van der Waals surface area contributed by atoms with Crippen LogP contribution in [0.25, 0.3) is 33.2 Å². The van der Waals surface area contributed by atoms with E-state index < -0.39 is 0 Å². The first-order valence-corrected chi connectivity index (χ1v) is 10.0. The molecule has 1 saturated carbocycles. The summed E-state index contributed by atoms with van der Waals surface area (Å²) >= 11 is 0. The molecular formula is C25H20N4. The summed E-state index contributed by atoms with van der Waals surface area (Å²) in [5.41, 5.74) is 6.42. The predicted octanol–water partition coefficient (Wildman–Crippen LogP) is 5.75. The molecule has 2 heterocycles. The maximum Gasteiger partial charge on any atom is 0.133 e. The summed E-state index contributed by atoms with van der Waals surface area (Å²) < 4.78 is 0. The maximum absolute atomic E-state index is 5.07. The average Bonchev–Trinajstić information content (AvgIpc) is 3.47. The maximum atomic E-state index is 5.07. The Labute approximate surface area is 168 Å². The fourth-order valence-electron chi connectivity index (χ4n) is 4.30. The molecule has 4 heteroatoms. The Morgan fingerprint density at radius 1 is 0.793 bits per heavy atom. The molecule has 0 spiro atoms. The van der Waals surface area contributed by atoms with Gasteiger partial charge in [-0.2, -0.15) is 5.10 Å². The van der Waals surface area contributed by atoms with Crippen molar-refractivity contribution in [2.45, 2.75) is 25.2 Å². The van der Waals surface area contributed by atoms with Crippen molar-refractivity contribution in [3.05, 3.63) is 89.7 Å². The van der Waals surface area contributed by atoms with Crippen molar-refractivity contribution in [2.75, 3.05) is 0 Å². The van der Waals surface area contributed by atoms with Crippen molar-refractivity contribution in [2.24, 2.45) is 0 Å². The molecule has 2 unspecified atom stereocenters. The second-order valence-corrected chi connectivity index (χ2v) is 7.93. The standard InChI is InChI=1S/C25H20N4/c1-15-11-12-22-20(13-15)24(29-28-22)23-17-9-5-6-10-21(17)26-25(27-23)19-14-18(19)16-7-3-2-4-8-16/h2-13,18-19H,14H2,1H3,(H,28,29).